The van der Waals surface area contributed by atoms with Crippen molar-refractivity contribution in [3.05, 3.63) is 72.3 Å². The number of para-hydroxylation sites is 1. The molecule has 0 fully saturated rings. The molecule has 0 heterocycles. The van der Waals surface area contributed by atoms with E-state index in [4.69, 9.17) is 12.2 Å². The highest BCUT2D eigenvalue weighted by Gasteiger charge is 2.01. The minimum atomic E-state index is 0.542. The molecule has 0 atom stereocenters. The molecule has 2 rings (SSSR count). The van der Waals surface area contributed by atoms with Crippen LogP contribution in [0.15, 0.2) is 66.3 Å². The zero-order valence-corrected chi connectivity index (χ0v) is 12.7. The molecule has 3 nitrogen and oxygen atoms in total. The third-order valence-corrected chi connectivity index (χ3v) is 3.24. The second-order valence-corrected chi connectivity index (χ2v) is 4.82. The third kappa shape index (κ3) is 4.54. The van der Waals surface area contributed by atoms with E-state index < -0.39 is 0 Å². The zero-order chi connectivity index (χ0) is 15.1. The van der Waals surface area contributed by atoms with Crippen LogP contribution in [0, 0.1) is 0 Å². The van der Waals surface area contributed by atoms with Crippen LogP contribution in [0.1, 0.15) is 11.1 Å². The minimum Gasteiger partial charge on any atom is -0.331 e. The van der Waals surface area contributed by atoms with Gasteiger partial charge in [-0.1, -0.05) is 55.1 Å². The average Bonchev–Trinajstić information content (AvgIpc) is 2.54. The third-order valence-electron chi connectivity index (χ3n) is 2.87. The van der Waals surface area contributed by atoms with E-state index in [1.54, 1.807) is 11.2 Å². The van der Waals surface area contributed by atoms with Crippen molar-refractivity contribution in [2.75, 3.05) is 12.4 Å². The van der Waals surface area contributed by atoms with Crippen LogP contribution in [0.2, 0.25) is 0 Å². The fourth-order valence-electron chi connectivity index (χ4n) is 1.65. The van der Waals surface area contributed by atoms with Gasteiger partial charge in [0, 0.05) is 12.7 Å². The number of hydrogen-bond acceptors (Lipinski definition) is 2. The number of nitrogens with zero attached hydrogens (tertiary/aromatic N) is 2. The summed E-state index contributed by atoms with van der Waals surface area (Å²) in [6, 6.07) is 17.7. The molecule has 0 spiro atoms. The van der Waals surface area contributed by atoms with E-state index in [0.29, 0.717) is 5.11 Å². The Morgan fingerprint density at radius 3 is 2.33 bits per heavy atom. The summed E-state index contributed by atoms with van der Waals surface area (Å²) in [7, 11) is 1.81. The summed E-state index contributed by atoms with van der Waals surface area (Å²) in [5, 5.41) is 9.62. The first-order valence-electron chi connectivity index (χ1n) is 6.55. The summed E-state index contributed by atoms with van der Waals surface area (Å²) >= 11 is 5.30. The van der Waals surface area contributed by atoms with Gasteiger partial charge in [-0.2, -0.15) is 5.10 Å². The Morgan fingerprint density at radius 1 is 1.10 bits per heavy atom. The van der Waals surface area contributed by atoms with Gasteiger partial charge >= 0.3 is 0 Å². The first kappa shape index (κ1) is 14.9. The summed E-state index contributed by atoms with van der Waals surface area (Å²) in [5.41, 5.74) is 3.04. The lowest BCUT2D eigenvalue weighted by atomic mass is 10.1. The zero-order valence-electron chi connectivity index (χ0n) is 11.9. The quantitative estimate of drug-likeness (QED) is 0.525. The molecule has 0 amide bonds. The Morgan fingerprint density at radius 2 is 1.71 bits per heavy atom. The van der Waals surface area contributed by atoms with Gasteiger partial charge in [-0.25, -0.2) is 5.01 Å². The number of benzene rings is 2. The summed E-state index contributed by atoms with van der Waals surface area (Å²) in [6.45, 7) is 3.73. The topological polar surface area (TPSA) is 27.6 Å². The van der Waals surface area contributed by atoms with Crippen LogP contribution in [0.25, 0.3) is 6.08 Å². The SMILES string of the molecule is C=Cc1ccc(C=NN(C)C(=S)Nc2ccccc2)cc1. The molecule has 106 valence electrons. The van der Waals surface area contributed by atoms with Crippen molar-refractivity contribution in [2.45, 2.75) is 0 Å². The van der Waals surface area contributed by atoms with E-state index in [1.807, 2.05) is 67.7 Å². The van der Waals surface area contributed by atoms with E-state index in [-0.39, 0.29) is 0 Å². The van der Waals surface area contributed by atoms with Crippen molar-refractivity contribution in [1.29, 1.82) is 0 Å². The number of nitrogens with one attached hydrogen (secondary N) is 1. The van der Waals surface area contributed by atoms with Crippen molar-refractivity contribution in [3.8, 4) is 0 Å². The van der Waals surface area contributed by atoms with Gasteiger partial charge in [0.25, 0.3) is 0 Å². The van der Waals surface area contributed by atoms with Gasteiger partial charge in [0.15, 0.2) is 5.11 Å². The standard InChI is InChI=1S/C17H17N3S/c1-3-14-9-11-15(12-10-14)13-18-20(2)17(21)19-16-7-5-4-6-8-16/h3-13H,1H2,2H3,(H,19,21). The largest absolute Gasteiger partial charge is 0.331 e. The molecule has 0 aromatic heterocycles. The molecule has 0 unspecified atom stereocenters. The van der Waals surface area contributed by atoms with E-state index in [0.717, 1.165) is 16.8 Å². The van der Waals surface area contributed by atoms with Crippen LogP contribution in [0.5, 0.6) is 0 Å². The van der Waals surface area contributed by atoms with Crippen LogP contribution in [-0.2, 0) is 0 Å². The van der Waals surface area contributed by atoms with E-state index in [1.165, 1.54) is 0 Å². The average molecular weight is 295 g/mol. The lowest BCUT2D eigenvalue weighted by molar-refractivity contribution is 0.557. The molecule has 4 heteroatoms. The predicted octanol–water partition coefficient (Wildman–Crippen LogP) is 3.99. The summed E-state index contributed by atoms with van der Waals surface area (Å²) in [5.74, 6) is 0. The minimum absolute atomic E-state index is 0.542. The highest BCUT2D eigenvalue weighted by atomic mass is 32.1. The van der Waals surface area contributed by atoms with Crippen molar-refractivity contribution in [1.82, 2.24) is 5.01 Å². The molecule has 0 saturated carbocycles. The number of hydrazone groups is 1. The molecule has 2 aromatic rings. The van der Waals surface area contributed by atoms with E-state index >= 15 is 0 Å². The highest BCUT2D eigenvalue weighted by molar-refractivity contribution is 7.80. The van der Waals surface area contributed by atoms with Crippen molar-refractivity contribution in [3.63, 3.8) is 0 Å². The Balaban J connectivity index is 1.96. The Labute approximate surface area is 130 Å². The van der Waals surface area contributed by atoms with Gasteiger partial charge in [0.05, 0.1) is 6.21 Å². The molecule has 21 heavy (non-hydrogen) atoms. The summed E-state index contributed by atoms with van der Waals surface area (Å²) in [6.07, 6.45) is 3.58. The van der Waals surface area contributed by atoms with Gasteiger partial charge in [-0.3, -0.25) is 0 Å². The molecule has 0 radical (unpaired) electrons. The van der Waals surface area contributed by atoms with Crippen LogP contribution in [-0.4, -0.2) is 23.4 Å². The molecular weight excluding hydrogens is 278 g/mol. The molecule has 2 aromatic carbocycles. The second-order valence-electron chi connectivity index (χ2n) is 4.44. The molecule has 1 N–H and O–H groups in total. The Hall–Kier alpha value is -2.46. The maximum Gasteiger partial charge on any atom is 0.193 e. The molecule has 0 aliphatic rings. The number of thiocarbonyl (C=S) groups is 1. The van der Waals surface area contributed by atoms with Crippen molar-refractivity contribution in [2.24, 2.45) is 5.10 Å². The molecule has 0 aliphatic heterocycles. The van der Waals surface area contributed by atoms with Gasteiger partial charge in [-0.05, 0) is 35.5 Å². The van der Waals surface area contributed by atoms with Crippen molar-refractivity contribution >= 4 is 35.3 Å². The van der Waals surface area contributed by atoms with Gasteiger partial charge in [-0.15, -0.1) is 0 Å². The number of rotatable bonds is 4. The second kappa shape index (κ2) is 7.36. The molecular formula is C17H17N3S. The summed E-state index contributed by atoms with van der Waals surface area (Å²) < 4.78 is 0. The lowest BCUT2D eigenvalue weighted by Gasteiger charge is -2.15. The van der Waals surface area contributed by atoms with Crippen LogP contribution in [0.4, 0.5) is 5.69 Å². The molecule has 0 aliphatic carbocycles. The monoisotopic (exact) mass is 295 g/mol. The van der Waals surface area contributed by atoms with Gasteiger partial charge in [0.2, 0.25) is 0 Å². The number of anilines is 1. The fraction of sp³-hybridized carbons (Fsp3) is 0.0588. The maximum absolute atomic E-state index is 5.30. The Kier molecular flexibility index (Phi) is 5.23. The number of hydrogen-bond donors (Lipinski definition) is 1. The maximum atomic E-state index is 5.30. The van der Waals surface area contributed by atoms with Crippen molar-refractivity contribution < 1.29 is 0 Å². The normalized spacial score (nSPS) is 10.3. The van der Waals surface area contributed by atoms with Gasteiger partial charge in [0.1, 0.15) is 0 Å². The van der Waals surface area contributed by atoms with Crippen LogP contribution >= 0.6 is 12.2 Å². The van der Waals surface area contributed by atoms with Crippen LogP contribution in [0.3, 0.4) is 0 Å². The van der Waals surface area contributed by atoms with E-state index in [9.17, 15) is 0 Å². The predicted molar refractivity (Wildman–Crippen MR) is 94.6 cm³/mol. The highest BCUT2D eigenvalue weighted by Crippen LogP contribution is 2.07. The van der Waals surface area contributed by atoms with Crippen LogP contribution < -0.4 is 5.32 Å². The van der Waals surface area contributed by atoms with Gasteiger partial charge < -0.3 is 5.32 Å². The fourth-order valence-corrected chi connectivity index (χ4v) is 1.81. The first-order chi connectivity index (χ1) is 10.2. The Bertz CT molecular complexity index is 633. The smallest absolute Gasteiger partial charge is 0.193 e. The summed E-state index contributed by atoms with van der Waals surface area (Å²) in [4.78, 5) is 0. The molecule has 0 saturated heterocycles. The first-order valence-corrected chi connectivity index (χ1v) is 6.96. The molecule has 0 bridgehead atoms. The lowest BCUT2D eigenvalue weighted by Crippen LogP contribution is -2.26. The van der Waals surface area contributed by atoms with E-state index in [2.05, 4.69) is 17.0 Å².